The van der Waals surface area contributed by atoms with Gasteiger partial charge in [-0.1, -0.05) is 48.5 Å². The lowest BCUT2D eigenvalue weighted by Gasteiger charge is -2.47. The number of ketones is 1. The predicted octanol–water partition coefficient (Wildman–Crippen LogP) is 3.03. The van der Waals surface area contributed by atoms with E-state index in [2.05, 4.69) is 24.7 Å². The summed E-state index contributed by atoms with van der Waals surface area (Å²) in [6.45, 7) is 16.7. The van der Waals surface area contributed by atoms with Crippen molar-refractivity contribution in [1.82, 2.24) is 19.8 Å². The Kier molecular flexibility index (Phi) is 8.76. The van der Waals surface area contributed by atoms with Crippen LogP contribution >= 0.6 is 11.8 Å². The Morgan fingerprint density at radius 2 is 1.71 bits per heavy atom. The number of anilines is 1. The van der Waals surface area contributed by atoms with Crippen LogP contribution in [-0.2, 0) is 15.6 Å². The second-order valence-electron chi connectivity index (χ2n) is 13.1. The number of phenols is 1. The van der Waals surface area contributed by atoms with Crippen LogP contribution < -0.4 is 16.4 Å². The van der Waals surface area contributed by atoms with Gasteiger partial charge in [0.15, 0.2) is 5.78 Å². The maximum Gasteiger partial charge on any atom is 0.225 e. The van der Waals surface area contributed by atoms with Crippen molar-refractivity contribution in [3.05, 3.63) is 47.3 Å². The van der Waals surface area contributed by atoms with Crippen molar-refractivity contribution in [2.45, 2.75) is 82.9 Å². The van der Waals surface area contributed by atoms with E-state index in [4.69, 9.17) is 11.5 Å². The Bertz CT molecular complexity index is 1280. The SMILES string of the molecule is CCN1C(N2CCN(c3ncccn3)CC2N)SCC1(CC(N)=O)C(=O)c1ccc(O)c(C(C)(C)C)c1C(C)(C)C. The third-order valence-electron chi connectivity index (χ3n) is 8.03. The molecule has 0 bridgehead atoms. The fourth-order valence-corrected chi connectivity index (χ4v) is 8.16. The van der Waals surface area contributed by atoms with Gasteiger partial charge in [0.1, 0.15) is 16.8 Å². The Labute approximate surface area is 247 Å². The highest BCUT2D eigenvalue weighted by Crippen LogP contribution is 2.47. The van der Waals surface area contributed by atoms with Gasteiger partial charge in [0.25, 0.3) is 0 Å². The molecule has 0 aliphatic carbocycles. The summed E-state index contributed by atoms with van der Waals surface area (Å²) in [5.74, 6) is 0.537. The summed E-state index contributed by atoms with van der Waals surface area (Å²) in [6.07, 6.45) is 3.00. The number of aromatic nitrogens is 2. The number of primary amides is 1. The van der Waals surface area contributed by atoms with E-state index in [1.54, 1.807) is 42.4 Å². The van der Waals surface area contributed by atoms with Gasteiger partial charge in [0, 0.05) is 48.9 Å². The zero-order valence-corrected chi connectivity index (χ0v) is 26.2. The first kappa shape index (κ1) is 31.2. The maximum atomic E-state index is 14.9. The number of carbonyl (C=O) groups is 2. The molecule has 0 radical (unpaired) electrons. The lowest BCUT2D eigenvalue weighted by atomic mass is 9.70. The molecule has 1 amide bonds. The number of rotatable bonds is 7. The number of hydrogen-bond acceptors (Lipinski definition) is 10. The number of hydrogen-bond donors (Lipinski definition) is 3. The molecule has 1 aromatic heterocycles. The molecule has 41 heavy (non-hydrogen) atoms. The van der Waals surface area contributed by atoms with Gasteiger partial charge in [0.2, 0.25) is 11.9 Å². The highest BCUT2D eigenvalue weighted by molar-refractivity contribution is 8.00. The second kappa shape index (κ2) is 11.5. The Balaban J connectivity index is 1.75. The first-order chi connectivity index (χ1) is 19.1. The van der Waals surface area contributed by atoms with E-state index >= 15 is 0 Å². The van der Waals surface area contributed by atoms with Gasteiger partial charge in [0.05, 0.1) is 12.6 Å². The van der Waals surface area contributed by atoms with Gasteiger partial charge in [-0.3, -0.25) is 19.4 Å². The van der Waals surface area contributed by atoms with Gasteiger partial charge in [-0.2, -0.15) is 0 Å². The molecule has 2 fully saturated rings. The number of piperazine rings is 1. The molecule has 0 spiro atoms. The summed E-state index contributed by atoms with van der Waals surface area (Å²) in [6, 6.07) is 5.11. The molecule has 3 atom stereocenters. The lowest BCUT2D eigenvalue weighted by molar-refractivity contribution is -0.120. The van der Waals surface area contributed by atoms with Crippen LogP contribution in [0.4, 0.5) is 5.95 Å². The summed E-state index contributed by atoms with van der Waals surface area (Å²) >= 11 is 1.62. The van der Waals surface area contributed by atoms with Crippen LogP contribution in [0.2, 0.25) is 0 Å². The molecular formula is C30H45N7O3S. The number of thioether (sulfide) groups is 1. The third-order valence-corrected chi connectivity index (χ3v) is 9.49. The lowest BCUT2D eigenvalue weighted by Crippen LogP contribution is -2.65. The standard InChI is InChI=1S/C30H45N7O3S/c1-8-37-27(36-15-14-35(17-21(36)31)26-33-12-9-13-34-26)41-18-30(37,16-22(32)39)25(40)19-10-11-20(38)24(29(5,6)7)23(19)28(2,3)4/h9-13,21,27,38H,8,14-18,31H2,1-7H3,(H2,32,39). The molecule has 4 rings (SSSR count). The van der Waals surface area contributed by atoms with E-state index < -0.39 is 22.3 Å². The molecule has 3 heterocycles. The van der Waals surface area contributed by atoms with E-state index in [-0.39, 0.29) is 29.6 Å². The van der Waals surface area contributed by atoms with Crippen molar-refractivity contribution >= 4 is 29.4 Å². The monoisotopic (exact) mass is 583 g/mol. The van der Waals surface area contributed by atoms with Crippen LogP contribution in [0, 0.1) is 0 Å². The van der Waals surface area contributed by atoms with Crippen molar-refractivity contribution in [3.63, 3.8) is 0 Å². The largest absolute Gasteiger partial charge is 0.508 e. The molecule has 2 saturated heterocycles. The summed E-state index contributed by atoms with van der Waals surface area (Å²) in [4.78, 5) is 42.6. The smallest absolute Gasteiger partial charge is 0.225 e. The van der Waals surface area contributed by atoms with Gasteiger partial charge < -0.3 is 21.5 Å². The number of nitrogens with zero attached hydrogens (tertiary/aromatic N) is 5. The summed E-state index contributed by atoms with van der Waals surface area (Å²) in [5.41, 5.74) is 12.4. The Morgan fingerprint density at radius 1 is 1.07 bits per heavy atom. The van der Waals surface area contributed by atoms with E-state index in [0.29, 0.717) is 43.4 Å². The number of amides is 1. The third kappa shape index (κ3) is 5.95. The first-order valence-electron chi connectivity index (χ1n) is 14.2. The first-order valence-corrected chi connectivity index (χ1v) is 15.3. The molecule has 0 saturated carbocycles. The summed E-state index contributed by atoms with van der Waals surface area (Å²) in [5, 5.41) is 11.0. The molecular weight excluding hydrogens is 538 g/mol. The van der Waals surface area contributed by atoms with Crippen LogP contribution in [0.25, 0.3) is 0 Å². The average molecular weight is 584 g/mol. The topological polar surface area (TPSA) is 142 Å². The van der Waals surface area contributed by atoms with Crippen molar-refractivity contribution in [2.24, 2.45) is 11.5 Å². The number of benzene rings is 1. The van der Waals surface area contributed by atoms with Gasteiger partial charge >= 0.3 is 0 Å². The van der Waals surface area contributed by atoms with Crippen molar-refractivity contribution in [2.75, 3.05) is 36.8 Å². The zero-order chi connectivity index (χ0) is 30.3. The quantitative estimate of drug-likeness (QED) is 0.416. The van der Waals surface area contributed by atoms with Crippen molar-refractivity contribution < 1.29 is 14.7 Å². The van der Waals surface area contributed by atoms with E-state index in [0.717, 1.165) is 11.1 Å². The molecule has 1 aromatic carbocycles. The molecule has 224 valence electrons. The Morgan fingerprint density at radius 3 is 2.24 bits per heavy atom. The maximum absolute atomic E-state index is 14.9. The Hall–Kier alpha value is -2.73. The fourth-order valence-electron chi connectivity index (χ4n) is 6.35. The van der Waals surface area contributed by atoms with Gasteiger partial charge in [-0.05, 0) is 41.1 Å². The number of phenolic OH excluding ortho intramolecular Hbond substituents is 1. The molecule has 2 aliphatic heterocycles. The average Bonchev–Trinajstić information content (AvgIpc) is 3.25. The number of likely N-dealkylation sites (N-methyl/N-ethyl adjacent to an activating group) is 1. The molecule has 5 N–H and O–H groups in total. The van der Waals surface area contributed by atoms with Crippen LogP contribution in [0.1, 0.15) is 76.4 Å². The molecule has 2 aliphatic rings. The highest BCUT2D eigenvalue weighted by Gasteiger charge is 2.55. The van der Waals surface area contributed by atoms with E-state index in [9.17, 15) is 14.7 Å². The van der Waals surface area contributed by atoms with E-state index in [1.165, 1.54) is 0 Å². The second-order valence-corrected chi connectivity index (χ2v) is 14.2. The number of aromatic hydroxyl groups is 1. The minimum absolute atomic E-state index is 0.106. The fraction of sp³-hybridized carbons (Fsp3) is 0.600. The zero-order valence-electron chi connectivity index (χ0n) is 25.3. The van der Waals surface area contributed by atoms with E-state index in [1.807, 2.05) is 48.5 Å². The highest BCUT2D eigenvalue weighted by atomic mass is 32.2. The molecule has 3 unspecified atom stereocenters. The van der Waals surface area contributed by atoms with Crippen molar-refractivity contribution in [3.8, 4) is 5.75 Å². The predicted molar refractivity (Wildman–Crippen MR) is 164 cm³/mol. The van der Waals surface area contributed by atoms with Crippen LogP contribution in [0.15, 0.2) is 30.6 Å². The molecule has 10 nitrogen and oxygen atoms in total. The van der Waals surface area contributed by atoms with Gasteiger partial charge in [-0.15, -0.1) is 11.8 Å². The van der Waals surface area contributed by atoms with Gasteiger partial charge in [-0.25, -0.2) is 9.97 Å². The van der Waals surface area contributed by atoms with Crippen LogP contribution in [0.3, 0.4) is 0 Å². The normalized spacial score (nSPS) is 24.5. The number of nitrogens with two attached hydrogens (primary N) is 2. The van der Waals surface area contributed by atoms with Crippen LogP contribution in [0.5, 0.6) is 5.75 Å². The summed E-state index contributed by atoms with van der Waals surface area (Å²) < 4.78 is 0. The number of Topliss-reactive ketones (excluding diaryl/α,β-unsaturated/α-hetero) is 1. The summed E-state index contributed by atoms with van der Waals surface area (Å²) in [7, 11) is 0. The molecule has 2 aromatic rings. The van der Waals surface area contributed by atoms with Crippen LogP contribution in [-0.4, -0.2) is 85.7 Å². The minimum Gasteiger partial charge on any atom is -0.508 e. The van der Waals surface area contributed by atoms with Crippen molar-refractivity contribution in [1.29, 1.82) is 0 Å². The number of carbonyl (C=O) groups excluding carboxylic acids is 2. The molecule has 11 heteroatoms. The minimum atomic E-state index is -1.15.